The van der Waals surface area contributed by atoms with Crippen molar-refractivity contribution in [3.8, 4) is 0 Å². The van der Waals surface area contributed by atoms with Crippen molar-refractivity contribution in [3.05, 3.63) is 57.9 Å². The molecule has 1 aromatic heterocycles. The molecule has 2 N–H and O–H groups in total. The first-order valence-electron chi connectivity index (χ1n) is 10.2. The minimum Gasteiger partial charge on any atom is -0.453 e. The molecular formula is C24H30N2O5. The van der Waals surface area contributed by atoms with E-state index in [0.717, 1.165) is 5.56 Å². The number of aromatic nitrogens is 1. The molecule has 1 amide bonds. The van der Waals surface area contributed by atoms with E-state index in [-0.39, 0.29) is 23.4 Å². The Morgan fingerprint density at radius 3 is 2.13 bits per heavy atom. The van der Waals surface area contributed by atoms with E-state index in [1.807, 2.05) is 12.1 Å². The van der Waals surface area contributed by atoms with Crippen LogP contribution in [0.25, 0.3) is 0 Å². The SMILES string of the molecule is CC(=O)c1c(C)[nH]c(C(=O)[C@H](C)OC(=O)CNC(=O)c2ccc(C(C)(C)C)cc2)c1C. The van der Waals surface area contributed by atoms with Crippen molar-refractivity contribution in [2.24, 2.45) is 0 Å². The zero-order valence-corrected chi connectivity index (χ0v) is 19.1. The van der Waals surface area contributed by atoms with Crippen molar-refractivity contribution >= 4 is 23.4 Å². The monoisotopic (exact) mass is 426 g/mol. The van der Waals surface area contributed by atoms with Crippen LogP contribution in [0.1, 0.15) is 82.6 Å². The van der Waals surface area contributed by atoms with Gasteiger partial charge in [-0.25, -0.2) is 0 Å². The quantitative estimate of drug-likeness (QED) is 0.519. The van der Waals surface area contributed by atoms with Gasteiger partial charge in [0, 0.05) is 16.8 Å². The van der Waals surface area contributed by atoms with Gasteiger partial charge in [-0.1, -0.05) is 32.9 Å². The topological polar surface area (TPSA) is 105 Å². The minimum absolute atomic E-state index is 0.0251. The predicted octanol–water partition coefficient (Wildman–Crippen LogP) is 3.68. The molecule has 0 saturated heterocycles. The molecular weight excluding hydrogens is 396 g/mol. The van der Waals surface area contributed by atoms with E-state index in [1.54, 1.807) is 26.0 Å². The number of nitrogens with one attached hydrogen (secondary N) is 2. The molecule has 7 nitrogen and oxygen atoms in total. The predicted molar refractivity (Wildman–Crippen MR) is 118 cm³/mol. The van der Waals surface area contributed by atoms with Crippen molar-refractivity contribution in [2.45, 2.75) is 60.0 Å². The van der Waals surface area contributed by atoms with Crippen LogP contribution < -0.4 is 5.32 Å². The number of H-pyrrole nitrogens is 1. The molecule has 1 heterocycles. The lowest BCUT2D eigenvalue weighted by molar-refractivity contribution is -0.145. The summed E-state index contributed by atoms with van der Waals surface area (Å²) < 4.78 is 5.17. The number of aromatic amines is 1. The molecule has 0 radical (unpaired) electrons. The van der Waals surface area contributed by atoms with Crippen LogP contribution in [0, 0.1) is 13.8 Å². The average molecular weight is 427 g/mol. The zero-order chi connectivity index (χ0) is 23.5. The van der Waals surface area contributed by atoms with Crippen molar-refractivity contribution < 1.29 is 23.9 Å². The Hall–Kier alpha value is -3.22. The van der Waals surface area contributed by atoms with Gasteiger partial charge in [-0.3, -0.25) is 19.2 Å². The number of carbonyl (C=O) groups excluding carboxylic acids is 4. The van der Waals surface area contributed by atoms with E-state index in [4.69, 9.17) is 4.74 Å². The standard InChI is InChI=1S/C24H30N2O5/c1-13-20(15(3)27)14(2)26-21(13)22(29)16(4)31-19(28)12-25-23(30)17-8-10-18(11-9-17)24(5,6)7/h8-11,16,26H,12H2,1-7H3,(H,25,30)/t16-/m0/s1. The maximum atomic E-state index is 12.7. The highest BCUT2D eigenvalue weighted by Gasteiger charge is 2.26. The number of benzene rings is 1. The Morgan fingerprint density at radius 1 is 1.06 bits per heavy atom. The fraction of sp³-hybridized carbons (Fsp3) is 0.417. The average Bonchev–Trinajstić information content (AvgIpc) is 2.99. The van der Waals surface area contributed by atoms with E-state index in [2.05, 4.69) is 31.1 Å². The molecule has 1 aromatic carbocycles. The molecule has 0 fully saturated rings. The molecule has 0 spiro atoms. The number of aryl methyl sites for hydroxylation is 1. The molecule has 7 heteroatoms. The van der Waals surface area contributed by atoms with Crippen molar-refractivity contribution in [3.63, 3.8) is 0 Å². The molecule has 2 aromatic rings. The first-order valence-corrected chi connectivity index (χ1v) is 10.2. The second-order valence-corrected chi connectivity index (χ2v) is 8.69. The van der Waals surface area contributed by atoms with Gasteiger partial charge in [0.15, 0.2) is 11.9 Å². The van der Waals surface area contributed by atoms with Gasteiger partial charge in [0.1, 0.15) is 6.54 Å². The molecule has 0 aliphatic rings. The fourth-order valence-corrected chi connectivity index (χ4v) is 3.40. The summed E-state index contributed by atoms with van der Waals surface area (Å²) >= 11 is 0. The maximum absolute atomic E-state index is 12.7. The largest absolute Gasteiger partial charge is 0.453 e. The fourth-order valence-electron chi connectivity index (χ4n) is 3.40. The smallest absolute Gasteiger partial charge is 0.326 e. The molecule has 0 aliphatic carbocycles. The maximum Gasteiger partial charge on any atom is 0.326 e. The number of amides is 1. The molecule has 0 saturated carbocycles. The number of rotatable bonds is 7. The Morgan fingerprint density at radius 2 is 1.65 bits per heavy atom. The minimum atomic E-state index is -1.06. The van der Waals surface area contributed by atoms with Crippen molar-refractivity contribution in [1.82, 2.24) is 10.3 Å². The van der Waals surface area contributed by atoms with Gasteiger partial charge in [0.05, 0.1) is 5.69 Å². The molecule has 0 unspecified atom stereocenters. The lowest BCUT2D eigenvalue weighted by Gasteiger charge is -2.19. The van der Waals surface area contributed by atoms with Crippen LogP contribution in [-0.2, 0) is 14.9 Å². The highest BCUT2D eigenvalue weighted by Crippen LogP contribution is 2.22. The van der Waals surface area contributed by atoms with Crippen molar-refractivity contribution in [2.75, 3.05) is 6.54 Å². The van der Waals surface area contributed by atoms with Crippen LogP contribution in [0.4, 0.5) is 0 Å². The van der Waals surface area contributed by atoms with Gasteiger partial charge in [-0.15, -0.1) is 0 Å². The highest BCUT2D eigenvalue weighted by molar-refractivity contribution is 6.05. The van der Waals surface area contributed by atoms with Crippen molar-refractivity contribution in [1.29, 1.82) is 0 Å². The van der Waals surface area contributed by atoms with Gasteiger partial charge < -0.3 is 15.0 Å². The van der Waals surface area contributed by atoms with Crippen LogP contribution in [0.5, 0.6) is 0 Å². The summed E-state index contributed by atoms with van der Waals surface area (Å²) in [6.07, 6.45) is -1.06. The van der Waals surface area contributed by atoms with Crippen LogP contribution in [0.15, 0.2) is 24.3 Å². The van der Waals surface area contributed by atoms with E-state index in [0.29, 0.717) is 22.4 Å². The Labute approximate surface area is 182 Å². The third kappa shape index (κ3) is 5.69. The van der Waals surface area contributed by atoms with E-state index in [9.17, 15) is 19.2 Å². The zero-order valence-electron chi connectivity index (χ0n) is 19.1. The van der Waals surface area contributed by atoms with Gasteiger partial charge in [0.25, 0.3) is 5.91 Å². The first kappa shape index (κ1) is 24.1. The van der Waals surface area contributed by atoms with Crippen LogP contribution >= 0.6 is 0 Å². The summed E-state index contributed by atoms with van der Waals surface area (Å²) in [5.41, 5.74) is 3.33. The van der Waals surface area contributed by atoms with Crippen LogP contribution in [0.2, 0.25) is 0 Å². The van der Waals surface area contributed by atoms with Gasteiger partial charge in [-0.05, 0) is 56.4 Å². The summed E-state index contributed by atoms with van der Waals surface area (Å²) in [6, 6.07) is 7.17. The number of hydrogen-bond donors (Lipinski definition) is 2. The number of Topliss-reactive ketones (excluding diaryl/α,β-unsaturated/α-hetero) is 2. The van der Waals surface area contributed by atoms with Gasteiger partial charge >= 0.3 is 5.97 Å². The Balaban J connectivity index is 1.95. The molecule has 1 atom stereocenters. The van der Waals surface area contributed by atoms with E-state index in [1.165, 1.54) is 13.8 Å². The van der Waals surface area contributed by atoms with E-state index < -0.39 is 23.8 Å². The second kappa shape index (κ2) is 9.29. The van der Waals surface area contributed by atoms with E-state index >= 15 is 0 Å². The second-order valence-electron chi connectivity index (χ2n) is 8.69. The normalized spacial score (nSPS) is 12.2. The molecule has 166 valence electrons. The van der Waals surface area contributed by atoms with Gasteiger partial charge in [0.2, 0.25) is 5.78 Å². The molecule has 2 rings (SSSR count). The first-order chi connectivity index (χ1) is 14.3. The number of ketones is 2. The molecule has 0 bridgehead atoms. The summed E-state index contributed by atoms with van der Waals surface area (Å²) in [7, 11) is 0. The van der Waals surface area contributed by atoms with Crippen LogP contribution in [-0.4, -0.2) is 41.1 Å². The summed E-state index contributed by atoms with van der Waals surface area (Å²) in [4.78, 5) is 51.7. The summed E-state index contributed by atoms with van der Waals surface area (Å²) in [5, 5.41) is 2.50. The summed E-state index contributed by atoms with van der Waals surface area (Å²) in [6.45, 7) is 12.1. The third-order valence-electron chi connectivity index (χ3n) is 5.12. The number of esters is 1. The van der Waals surface area contributed by atoms with Crippen LogP contribution in [0.3, 0.4) is 0 Å². The Bertz CT molecular complexity index is 1010. The lowest BCUT2D eigenvalue weighted by atomic mass is 9.87. The lowest BCUT2D eigenvalue weighted by Crippen LogP contribution is -2.34. The number of carbonyl (C=O) groups is 4. The van der Waals surface area contributed by atoms with Gasteiger partial charge in [-0.2, -0.15) is 0 Å². The highest BCUT2D eigenvalue weighted by atomic mass is 16.5. The number of ether oxygens (including phenoxy) is 1. The Kier molecular flexibility index (Phi) is 7.21. The summed E-state index contributed by atoms with van der Waals surface area (Å²) in [5.74, 6) is -1.72. The third-order valence-corrected chi connectivity index (χ3v) is 5.12. The molecule has 0 aliphatic heterocycles. The molecule has 31 heavy (non-hydrogen) atoms. The number of hydrogen-bond acceptors (Lipinski definition) is 5.